The van der Waals surface area contributed by atoms with Crippen molar-refractivity contribution in [3.63, 3.8) is 0 Å². The van der Waals surface area contributed by atoms with Gasteiger partial charge in [0, 0.05) is 18.2 Å². The van der Waals surface area contributed by atoms with Crippen LogP contribution < -0.4 is 14.8 Å². The number of rotatable bonds is 4. The van der Waals surface area contributed by atoms with Crippen LogP contribution >= 0.6 is 0 Å². The van der Waals surface area contributed by atoms with Crippen LogP contribution in [-0.4, -0.2) is 19.6 Å². The van der Waals surface area contributed by atoms with Crippen molar-refractivity contribution >= 4 is 11.6 Å². The van der Waals surface area contributed by atoms with E-state index in [4.69, 9.17) is 9.47 Å². The Morgan fingerprint density at radius 1 is 1.29 bits per heavy atom. The molecule has 2 aromatic rings. The van der Waals surface area contributed by atoms with Crippen LogP contribution in [0.2, 0.25) is 0 Å². The third-order valence-electron chi connectivity index (χ3n) is 3.47. The lowest BCUT2D eigenvalue weighted by atomic mass is 10.1. The molecule has 0 aromatic heterocycles. The lowest BCUT2D eigenvalue weighted by molar-refractivity contribution is -0.115. The Labute approximate surface area is 123 Å². The quantitative estimate of drug-likeness (QED) is 0.938. The first-order valence-corrected chi connectivity index (χ1v) is 6.93. The van der Waals surface area contributed by atoms with E-state index in [0.717, 1.165) is 35.8 Å². The molecule has 0 saturated heterocycles. The Balaban J connectivity index is 1.66. The molecule has 0 unspecified atom stereocenters. The van der Waals surface area contributed by atoms with Crippen LogP contribution in [0, 0.1) is 0 Å². The van der Waals surface area contributed by atoms with Gasteiger partial charge in [-0.2, -0.15) is 0 Å². The molecule has 108 valence electrons. The molecule has 0 fully saturated rings. The molecular formula is C17H17NO3. The molecule has 0 aliphatic carbocycles. The van der Waals surface area contributed by atoms with Gasteiger partial charge in [0.15, 0.2) is 0 Å². The number of carbonyl (C=O) groups is 1. The maximum absolute atomic E-state index is 12.1. The molecule has 1 amide bonds. The summed E-state index contributed by atoms with van der Waals surface area (Å²) < 4.78 is 10.6. The van der Waals surface area contributed by atoms with E-state index in [1.165, 1.54) is 5.56 Å². The zero-order valence-corrected chi connectivity index (χ0v) is 11.9. The van der Waals surface area contributed by atoms with Gasteiger partial charge in [-0.15, -0.1) is 0 Å². The highest BCUT2D eigenvalue weighted by molar-refractivity contribution is 5.92. The Hall–Kier alpha value is -2.49. The predicted octanol–water partition coefficient (Wildman–Crippen LogP) is 2.81. The smallest absolute Gasteiger partial charge is 0.228 e. The SMILES string of the molecule is COc1cccc(NC(=O)Cc2ccc3c(c2)CCO3)c1. The first-order valence-electron chi connectivity index (χ1n) is 6.93. The van der Waals surface area contributed by atoms with E-state index in [0.29, 0.717) is 6.42 Å². The van der Waals surface area contributed by atoms with Crippen molar-refractivity contribution in [1.82, 2.24) is 0 Å². The van der Waals surface area contributed by atoms with Crippen LogP contribution in [-0.2, 0) is 17.6 Å². The van der Waals surface area contributed by atoms with Crippen molar-refractivity contribution in [3.8, 4) is 11.5 Å². The van der Waals surface area contributed by atoms with Gasteiger partial charge >= 0.3 is 0 Å². The molecule has 2 aromatic carbocycles. The molecule has 1 N–H and O–H groups in total. The van der Waals surface area contributed by atoms with Gasteiger partial charge in [-0.05, 0) is 29.3 Å². The minimum Gasteiger partial charge on any atom is -0.497 e. The van der Waals surface area contributed by atoms with Crippen molar-refractivity contribution in [3.05, 3.63) is 53.6 Å². The van der Waals surface area contributed by atoms with Crippen LogP contribution in [0.15, 0.2) is 42.5 Å². The molecule has 1 heterocycles. The number of hydrogen-bond acceptors (Lipinski definition) is 3. The number of nitrogens with one attached hydrogen (secondary N) is 1. The van der Waals surface area contributed by atoms with Crippen LogP contribution in [0.3, 0.4) is 0 Å². The largest absolute Gasteiger partial charge is 0.497 e. The molecule has 0 radical (unpaired) electrons. The highest BCUT2D eigenvalue weighted by Gasteiger charge is 2.13. The first-order chi connectivity index (χ1) is 10.2. The molecule has 1 aliphatic heterocycles. The third-order valence-corrected chi connectivity index (χ3v) is 3.47. The number of fused-ring (bicyclic) bond motifs is 1. The van der Waals surface area contributed by atoms with Crippen LogP contribution in [0.5, 0.6) is 11.5 Å². The fraction of sp³-hybridized carbons (Fsp3) is 0.235. The minimum atomic E-state index is -0.0397. The molecule has 0 saturated carbocycles. The summed E-state index contributed by atoms with van der Waals surface area (Å²) in [5, 5.41) is 2.88. The number of benzene rings is 2. The lowest BCUT2D eigenvalue weighted by Gasteiger charge is -2.08. The Morgan fingerprint density at radius 2 is 2.19 bits per heavy atom. The average molecular weight is 283 g/mol. The van der Waals surface area contributed by atoms with Crippen molar-refractivity contribution in [2.24, 2.45) is 0 Å². The Kier molecular flexibility index (Phi) is 3.77. The summed E-state index contributed by atoms with van der Waals surface area (Å²) in [6.45, 7) is 0.731. The molecule has 4 nitrogen and oxygen atoms in total. The van der Waals surface area contributed by atoms with Gasteiger partial charge in [0.25, 0.3) is 0 Å². The maximum atomic E-state index is 12.1. The molecule has 1 aliphatic rings. The summed E-state index contributed by atoms with van der Waals surface area (Å²) in [5.41, 5.74) is 2.92. The molecule has 21 heavy (non-hydrogen) atoms. The maximum Gasteiger partial charge on any atom is 0.228 e. The number of carbonyl (C=O) groups excluding carboxylic acids is 1. The monoisotopic (exact) mass is 283 g/mol. The van der Waals surface area contributed by atoms with Crippen molar-refractivity contribution in [2.75, 3.05) is 19.0 Å². The van der Waals surface area contributed by atoms with Crippen molar-refractivity contribution in [1.29, 1.82) is 0 Å². The highest BCUT2D eigenvalue weighted by Crippen LogP contribution is 2.26. The molecular weight excluding hydrogens is 266 g/mol. The number of anilines is 1. The molecule has 0 spiro atoms. The predicted molar refractivity (Wildman–Crippen MR) is 81.0 cm³/mol. The topological polar surface area (TPSA) is 47.6 Å². The van der Waals surface area contributed by atoms with E-state index >= 15 is 0 Å². The second-order valence-corrected chi connectivity index (χ2v) is 5.00. The highest BCUT2D eigenvalue weighted by atomic mass is 16.5. The van der Waals surface area contributed by atoms with E-state index in [1.54, 1.807) is 13.2 Å². The van der Waals surface area contributed by atoms with E-state index in [2.05, 4.69) is 5.32 Å². The lowest BCUT2D eigenvalue weighted by Crippen LogP contribution is -2.14. The summed E-state index contributed by atoms with van der Waals surface area (Å²) in [5.74, 6) is 1.62. The van der Waals surface area contributed by atoms with E-state index in [1.807, 2.05) is 36.4 Å². The van der Waals surface area contributed by atoms with Gasteiger partial charge in [-0.3, -0.25) is 4.79 Å². The molecule has 4 heteroatoms. The van der Waals surface area contributed by atoms with Gasteiger partial charge in [0.1, 0.15) is 11.5 Å². The average Bonchev–Trinajstić information content (AvgIpc) is 2.95. The second-order valence-electron chi connectivity index (χ2n) is 5.00. The summed E-state index contributed by atoms with van der Waals surface area (Å²) in [7, 11) is 1.60. The van der Waals surface area contributed by atoms with E-state index in [-0.39, 0.29) is 5.91 Å². The van der Waals surface area contributed by atoms with Crippen molar-refractivity contribution in [2.45, 2.75) is 12.8 Å². The summed E-state index contributed by atoms with van der Waals surface area (Å²) in [6, 6.07) is 13.3. The summed E-state index contributed by atoms with van der Waals surface area (Å²) >= 11 is 0. The normalized spacial score (nSPS) is 12.4. The van der Waals surface area contributed by atoms with Gasteiger partial charge in [0.2, 0.25) is 5.91 Å². The van der Waals surface area contributed by atoms with E-state index < -0.39 is 0 Å². The van der Waals surface area contributed by atoms with Crippen LogP contribution in [0.4, 0.5) is 5.69 Å². The molecule has 0 atom stereocenters. The number of ether oxygens (including phenoxy) is 2. The number of hydrogen-bond donors (Lipinski definition) is 1. The summed E-state index contributed by atoms with van der Waals surface area (Å²) in [4.78, 5) is 12.1. The standard InChI is InChI=1S/C17H17NO3/c1-20-15-4-2-3-14(11-15)18-17(19)10-12-5-6-16-13(9-12)7-8-21-16/h2-6,9,11H,7-8,10H2,1H3,(H,18,19). The van der Waals surface area contributed by atoms with Gasteiger partial charge in [-0.25, -0.2) is 0 Å². The molecule has 0 bridgehead atoms. The number of amides is 1. The van der Waals surface area contributed by atoms with Gasteiger partial charge < -0.3 is 14.8 Å². The minimum absolute atomic E-state index is 0.0397. The van der Waals surface area contributed by atoms with Gasteiger partial charge in [0.05, 0.1) is 20.1 Å². The Bertz CT molecular complexity index is 667. The van der Waals surface area contributed by atoms with Crippen molar-refractivity contribution < 1.29 is 14.3 Å². The van der Waals surface area contributed by atoms with Gasteiger partial charge in [-0.1, -0.05) is 18.2 Å². The molecule has 3 rings (SSSR count). The number of methoxy groups -OCH3 is 1. The fourth-order valence-corrected chi connectivity index (χ4v) is 2.44. The fourth-order valence-electron chi connectivity index (χ4n) is 2.44. The Morgan fingerprint density at radius 3 is 3.05 bits per heavy atom. The second kappa shape index (κ2) is 5.87. The summed E-state index contributed by atoms with van der Waals surface area (Å²) in [6.07, 6.45) is 1.27. The van der Waals surface area contributed by atoms with Crippen LogP contribution in [0.1, 0.15) is 11.1 Å². The zero-order valence-electron chi connectivity index (χ0n) is 11.9. The third kappa shape index (κ3) is 3.16. The zero-order chi connectivity index (χ0) is 14.7. The van der Waals surface area contributed by atoms with E-state index in [9.17, 15) is 4.79 Å². The van der Waals surface area contributed by atoms with Crippen LogP contribution in [0.25, 0.3) is 0 Å². The first kappa shape index (κ1) is 13.5.